The van der Waals surface area contributed by atoms with Gasteiger partial charge in [-0.1, -0.05) is 182 Å². The second-order valence-electron chi connectivity index (χ2n) is 31.1. The molecule has 3 aromatic rings. The van der Waals surface area contributed by atoms with Crippen LogP contribution < -0.4 is 16.2 Å². The van der Waals surface area contributed by atoms with Crippen LogP contribution in [0.1, 0.15) is 214 Å². The van der Waals surface area contributed by atoms with Gasteiger partial charge in [0, 0.05) is 66.9 Å². The van der Waals surface area contributed by atoms with E-state index in [4.69, 9.17) is 4.42 Å². The van der Waals surface area contributed by atoms with Gasteiger partial charge in [0.1, 0.15) is 5.82 Å². The fourth-order valence-electron chi connectivity index (χ4n) is 11.0. The molecule has 2 aromatic heterocycles. The number of likely N-dealkylation sites (tertiary alicyclic amines) is 1. The summed E-state index contributed by atoms with van der Waals surface area (Å²) in [4.78, 5) is 81.7. The Hall–Kier alpha value is -5.84. The topological polar surface area (TPSA) is 225 Å². The number of benzene rings is 1. The molecule has 6 heterocycles. The number of allylic oxidation sites excluding steroid dienone is 2. The van der Waals surface area contributed by atoms with Crippen LogP contribution in [0.5, 0.6) is 5.75 Å². The number of rotatable bonds is 8. The van der Waals surface area contributed by atoms with Crippen LogP contribution >= 0.6 is 0 Å². The summed E-state index contributed by atoms with van der Waals surface area (Å²) in [6.07, 6.45) is 9.16. The number of hydrogen-bond acceptors (Lipinski definition) is 11. The van der Waals surface area contributed by atoms with Crippen LogP contribution in [0.2, 0.25) is 0 Å². The van der Waals surface area contributed by atoms with Gasteiger partial charge in [0.25, 0.3) is 5.56 Å². The van der Waals surface area contributed by atoms with Crippen molar-refractivity contribution in [3.05, 3.63) is 88.8 Å². The van der Waals surface area contributed by atoms with E-state index in [9.17, 15) is 38.1 Å². The molecule has 0 aliphatic carbocycles. The van der Waals surface area contributed by atoms with Crippen molar-refractivity contribution in [2.75, 3.05) is 19.3 Å². The monoisotopic (exact) mass is 1190 g/mol. The minimum Gasteiger partial charge on any atom is -0.502 e. The molecule has 5 atom stereocenters. The number of carbonyl (C=O) groups is 5. The molecule has 84 heavy (non-hydrogen) atoms. The van der Waals surface area contributed by atoms with Crippen molar-refractivity contribution >= 4 is 45.1 Å². The third kappa shape index (κ3) is 24.6. The van der Waals surface area contributed by atoms with Crippen LogP contribution in [0.15, 0.2) is 70.3 Å². The van der Waals surface area contributed by atoms with Gasteiger partial charge in [-0.05, 0) is 85.3 Å². The number of oxazole rings is 1. The minimum atomic E-state index is -2.31. The molecule has 472 valence electrons. The number of aromatic amines is 1. The molecule has 0 radical (unpaired) electrons. The van der Waals surface area contributed by atoms with Gasteiger partial charge in [0.15, 0.2) is 11.7 Å². The Morgan fingerprint density at radius 2 is 1.26 bits per heavy atom. The van der Waals surface area contributed by atoms with Gasteiger partial charge in [-0.15, -0.1) is 0 Å². The van der Waals surface area contributed by atoms with E-state index < -0.39 is 20.7 Å². The summed E-state index contributed by atoms with van der Waals surface area (Å²) in [6.45, 7) is 53.4. The zero-order valence-electron chi connectivity index (χ0n) is 55.9. The SMILES string of the molecule is C=C1CC(C)(CC(C)(C)C)C(=O)N1.C=C1CC(CC(C)(C)C)C(=O)N1.C=S1(=O)CC(CC(C)(C)C)C(=O)N1C.CC(C)(C)CCc1ncc(-c2ccccc2)o1.CCN1C(=O)CC(C)(CC(C)(C)C)C1=O.Cc1nc(C(C)(C)C)c(O)c(=O)[nH]1. The van der Waals surface area contributed by atoms with E-state index in [1.807, 2.05) is 78.1 Å². The van der Waals surface area contributed by atoms with Crippen LogP contribution in [0.25, 0.3) is 11.3 Å². The lowest BCUT2D eigenvalue weighted by Gasteiger charge is -2.29. The number of imide groups is 1. The fourth-order valence-corrected chi connectivity index (χ4v) is 12.6. The molecule has 4 N–H and O–H groups in total. The molecule has 1 aromatic carbocycles. The molecule has 4 fully saturated rings. The van der Waals surface area contributed by atoms with E-state index in [1.54, 1.807) is 14.0 Å². The highest BCUT2D eigenvalue weighted by Crippen LogP contribution is 2.43. The molecular weight excluding hydrogens is 1080 g/mol. The summed E-state index contributed by atoms with van der Waals surface area (Å²) in [5.74, 6) is 6.26. The minimum absolute atomic E-state index is 0.00456. The Balaban J connectivity index is 0.000000345. The van der Waals surface area contributed by atoms with Crippen molar-refractivity contribution in [3.8, 4) is 17.1 Å². The highest BCUT2D eigenvalue weighted by molar-refractivity contribution is 7.99. The Morgan fingerprint density at radius 1 is 0.738 bits per heavy atom. The largest absolute Gasteiger partial charge is 0.502 e. The number of amides is 5. The third-order valence-corrected chi connectivity index (χ3v) is 16.2. The van der Waals surface area contributed by atoms with Crippen LogP contribution in [0.3, 0.4) is 0 Å². The molecule has 17 heteroatoms. The van der Waals surface area contributed by atoms with Gasteiger partial charge in [0.05, 0.1) is 38.3 Å². The van der Waals surface area contributed by atoms with E-state index in [0.717, 1.165) is 80.0 Å². The average molecular weight is 1190 g/mol. The van der Waals surface area contributed by atoms with Gasteiger partial charge in [-0.3, -0.25) is 38.0 Å². The lowest BCUT2D eigenvalue weighted by atomic mass is 9.74. The summed E-state index contributed by atoms with van der Waals surface area (Å²) >= 11 is 0. The number of aryl methyl sites for hydroxylation is 2. The molecule has 5 amide bonds. The molecule has 4 aliphatic rings. The first-order valence-electron chi connectivity index (χ1n) is 29.6. The predicted octanol–water partition coefficient (Wildman–Crippen LogP) is 13.3. The fraction of sp³-hybridized carbons (Fsp3) is 0.657. The Kier molecular flexibility index (Phi) is 25.3. The lowest BCUT2D eigenvalue weighted by Crippen LogP contribution is -2.35. The number of hydrogen-bond donors (Lipinski definition) is 4. The van der Waals surface area contributed by atoms with Crippen LogP contribution in [-0.4, -0.2) is 88.2 Å². The molecule has 0 spiro atoms. The quantitative estimate of drug-likeness (QED) is 0.123. The molecule has 4 saturated heterocycles. The van der Waals surface area contributed by atoms with E-state index in [1.165, 1.54) is 9.21 Å². The summed E-state index contributed by atoms with van der Waals surface area (Å²) in [7, 11) is -0.728. The molecular formula is C67H109N7O9S. The second-order valence-corrected chi connectivity index (χ2v) is 33.5. The Labute approximate surface area is 505 Å². The summed E-state index contributed by atoms with van der Waals surface area (Å²) in [5.41, 5.74) is 2.66. The number of aromatic hydroxyl groups is 1. The summed E-state index contributed by atoms with van der Waals surface area (Å²) in [5, 5.41) is 15.0. The first-order valence-corrected chi connectivity index (χ1v) is 31.4. The van der Waals surface area contributed by atoms with Gasteiger partial charge < -0.3 is 25.1 Å². The number of nitrogens with one attached hydrogen (secondary N) is 3. The van der Waals surface area contributed by atoms with E-state index >= 15 is 0 Å². The maximum atomic E-state index is 12.1. The number of H-pyrrole nitrogens is 1. The van der Waals surface area contributed by atoms with Gasteiger partial charge >= 0.3 is 0 Å². The van der Waals surface area contributed by atoms with Gasteiger partial charge in [-0.2, -0.15) is 0 Å². The number of carbonyl (C=O) groups excluding carboxylic acids is 5. The molecule has 5 unspecified atom stereocenters. The maximum absolute atomic E-state index is 12.1. The normalized spacial score (nSPS) is 22.8. The van der Waals surface area contributed by atoms with Crippen molar-refractivity contribution in [2.45, 2.75) is 216 Å². The van der Waals surface area contributed by atoms with Crippen LogP contribution in [0, 0.1) is 56.7 Å². The molecule has 4 aliphatic heterocycles. The van der Waals surface area contributed by atoms with Crippen molar-refractivity contribution in [1.29, 1.82) is 0 Å². The van der Waals surface area contributed by atoms with Crippen LogP contribution in [-0.2, 0) is 45.5 Å². The first-order chi connectivity index (χ1) is 37.8. The smallest absolute Gasteiger partial charge is 0.293 e. The van der Waals surface area contributed by atoms with Gasteiger partial charge in [-0.25, -0.2) is 14.2 Å². The third-order valence-electron chi connectivity index (χ3n) is 14.1. The van der Waals surface area contributed by atoms with E-state index in [2.05, 4.69) is 148 Å². The van der Waals surface area contributed by atoms with Crippen LogP contribution in [0.4, 0.5) is 0 Å². The molecule has 7 rings (SSSR count). The highest BCUT2D eigenvalue weighted by Gasteiger charge is 2.49. The average Bonchev–Trinajstić information content (AvgIpc) is 4.18. The zero-order chi connectivity index (χ0) is 65.2. The van der Waals surface area contributed by atoms with Gasteiger partial charge in [0.2, 0.25) is 35.3 Å². The van der Waals surface area contributed by atoms with E-state index in [0.29, 0.717) is 35.7 Å². The van der Waals surface area contributed by atoms with Crippen molar-refractivity contribution in [3.63, 3.8) is 0 Å². The predicted molar refractivity (Wildman–Crippen MR) is 343 cm³/mol. The van der Waals surface area contributed by atoms with Crippen molar-refractivity contribution in [2.24, 2.45) is 49.7 Å². The maximum Gasteiger partial charge on any atom is 0.293 e. The summed E-state index contributed by atoms with van der Waals surface area (Å²) < 4.78 is 18.9. The second kappa shape index (κ2) is 28.6. The Morgan fingerprint density at radius 3 is 1.67 bits per heavy atom. The highest BCUT2D eigenvalue weighted by atomic mass is 32.2. The molecule has 16 nitrogen and oxygen atoms in total. The van der Waals surface area contributed by atoms with Crippen molar-refractivity contribution < 1.29 is 37.7 Å². The summed E-state index contributed by atoms with van der Waals surface area (Å²) in [6, 6.07) is 10.1. The number of aromatic nitrogens is 3. The zero-order valence-corrected chi connectivity index (χ0v) is 56.7. The lowest BCUT2D eigenvalue weighted by molar-refractivity contribution is -0.141. The Bertz CT molecular complexity index is 2950. The van der Waals surface area contributed by atoms with Crippen molar-refractivity contribution in [1.82, 2.24) is 34.8 Å². The van der Waals surface area contributed by atoms with E-state index in [-0.39, 0.29) is 79.6 Å². The molecule has 0 saturated carbocycles. The number of nitrogens with zero attached hydrogens (tertiary/aromatic N) is 4. The first kappa shape index (κ1) is 74.3. The standard InChI is InChI=1S/C15H19NO.C12H21NO2.C11H19NO.C10H19NO2S.C10H17NO.C9H14N2O2/c1-15(2,3)10-9-14-16-11-13(17-14)12-7-5-4-6-8-12;1-6-13-9(14)7-12(5,10(13)15)8-11(2,3)4;1-8-6-11(5,9(13)12-8)7-10(2,3)4;1-10(2,3)6-8-7-14(5,13)11(4)9(8)12;1-7-5-8(9(12)11-7)6-10(2,3)4;1-5-10-7(9(2,3)4)6(12)8(13)11-5/h4-8,11H,9-10H2,1-3H3;6-8H2,1-5H3;1,6-7H2,2-5H3,(H,12,13);8H,5-7H2,1-4H3;8H,1,5-6H2,2-4H3,(H,11,12);12H,1-4H3,(H,10,11,13). The molecule has 0 bridgehead atoms.